The van der Waals surface area contributed by atoms with E-state index in [1.807, 2.05) is 83.9 Å². The molecule has 38 heavy (non-hydrogen) atoms. The Morgan fingerprint density at radius 1 is 0.947 bits per heavy atom. The lowest BCUT2D eigenvalue weighted by Crippen LogP contribution is -2.48. The summed E-state index contributed by atoms with van der Waals surface area (Å²) >= 11 is 0. The highest BCUT2D eigenvalue weighted by Crippen LogP contribution is 2.29. The predicted octanol–water partition coefficient (Wildman–Crippen LogP) is 6.32. The minimum Gasteiger partial charge on any atom is -0.317 e. The van der Waals surface area contributed by atoms with E-state index in [9.17, 15) is 10.1 Å². The smallest absolute Gasteiger partial charge is 0.317 e. The van der Waals surface area contributed by atoms with Crippen LogP contribution in [0.3, 0.4) is 0 Å². The van der Waals surface area contributed by atoms with Gasteiger partial charge in [0.1, 0.15) is 0 Å². The average Bonchev–Trinajstić information content (AvgIpc) is 2.98. The van der Waals surface area contributed by atoms with Crippen LogP contribution in [-0.4, -0.2) is 39.9 Å². The number of urea groups is 1. The van der Waals surface area contributed by atoms with Gasteiger partial charge in [-0.05, 0) is 53.8 Å². The van der Waals surface area contributed by atoms with Crippen LogP contribution in [0.2, 0.25) is 0 Å². The molecule has 3 aromatic carbocycles. The van der Waals surface area contributed by atoms with Crippen molar-refractivity contribution >= 4 is 11.7 Å². The highest BCUT2D eigenvalue weighted by Gasteiger charge is 2.29. The van der Waals surface area contributed by atoms with Gasteiger partial charge in [-0.2, -0.15) is 5.26 Å². The predicted molar refractivity (Wildman–Crippen MR) is 150 cm³/mol. The fourth-order valence-electron chi connectivity index (χ4n) is 5.09. The number of hydrogen-bond donors (Lipinski definition) is 1. The van der Waals surface area contributed by atoms with Gasteiger partial charge in [0, 0.05) is 50.2 Å². The zero-order valence-electron chi connectivity index (χ0n) is 21.3. The van der Waals surface area contributed by atoms with Crippen LogP contribution in [-0.2, 0) is 13.1 Å². The number of para-hydroxylation sites is 1. The molecule has 0 saturated carbocycles. The molecule has 1 aliphatic heterocycles. The Labute approximate surface area is 224 Å². The van der Waals surface area contributed by atoms with Crippen LogP contribution < -0.4 is 5.32 Å². The van der Waals surface area contributed by atoms with E-state index in [0.29, 0.717) is 12.1 Å². The number of rotatable bonds is 7. The third-order valence-corrected chi connectivity index (χ3v) is 7.05. The number of likely N-dealkylation sites (tertiary alicyclic amines) is 1. The molecule has 0 aliphatic carbocycles. The lowest BCUT2D eigenvalue weighted by Gasteiger charge is -2.38. The molecule has 1 aliphatic rings. The number of anilines is 1. The molecule has 2 heterocycles. The van der Waals surface area contributed by atoms with Crippen LogP contribution in [0.25, 0.3) is 11.1 Å². The van der Waals surface area contributed by atoms with Crippen molar-refractivity contribution in [1.29, 1.82) is 5.26 Å². The van der Waals surface area contributed by atoms with Crippen molar-refractivity contribution in [2.45, 2.75) is 32.0 Å². The fourth-order valence-corrected chi connectivity index (χ4v) is 5.09. The monoisotopic (exact) mass is 501 g/mol. The van der Waals surface area contributed by atoms with Gasteiger partial charge in [-0.3, -0.25) is 9.88 Å². The van der Waals surface area contributed by atoms with Crippen molar-refractivity contribution in [3.8, 4) is 17.2 Å². The molecule has 0 radical (unpaired) electrons. The number of piperidine rings is 1. The number of benzene rings is 3. The second-order valence-corrected chi connectivity index (χ2v) is 9.65. The Balaban J connectivity index is 1.31. The number of nitriles is 1. The van der Waals surface area contributed by atoms with Crippen LogP contribution in [0.1, 0.15) is 29.5 Å². The van der Waals surface area contributed by atoms with Crippen LogP contribution in [0.4, 0.5) is 10.5 Å². The van der Waals surface area contributed by atoms with E-state index in [1.165, 1.54) is 0 Å². The maximum atomic E-state index is 13.8. The number of amides is 2. The van der Waals surface area contributed by atoms with Crippen molar-refractivity contribution < 1.29 is 4.79 Å². The number of aromatic nitrogens is 1. The Morgan fingerprint density at radius 3 is 2.47 bits per heavy atom. The molecule has 0 spiro atoms. The lowest BCUT2D eigenvalue weighted by atomic mass is 10.0. The molecule has 6 nitrogen and oxygen atoms in total. The van der Waals surface area contributed by atoms with E-state index in [2.05, 4.69) is 39.5 Å². The standard InChI is InChI=1S/C32H31N5O/c33-21-25-8-6-9-26(20-25)23-36-18-15-29(16-19-36)37(24-27-10-7-17-34-22-27)32(38)35-31-14-5-4-13-30(31)28-11-2-1-3-12-28/h1-14,17,20,22,29H,15-16,18-19,23-24H2,(H,35,38). The van der Waals surface area contributed by atoms with Gasteiger partial charge < -0.3 is 10.2 Å². The summed E-state index contributed by atoms with van der Waals surface area (Å²) in [5.74, 6) is 0. The molecule has 0 bridgehead atoms. The summed E-state index contributed by atoms with van der Waals surface area (Å²) in [5, 5.41) is 12.4. The Hall–Kier alpha value is -4.47. The van der Waals surface area contributed by atoms with Crippen LogP contribution in [0, 0.1) is 11.3 Å². The van der Waals surface area contributed by atoms with Crippen LogP contribution in [0.5, 0.6) is 0 Å². The molecule has 190 valence electrons. The third-order valence-electron chi connectivity index (χ3n) is 7.05. The summed E-state index contributed by atoms with van der Waals surface area (Å²) in [7, 11) is 0. The van der Waals surface area contributed by atoms with Crippen molar-refractivity contribution in [2.75, 3.05) is 18.4 Å². The van der Waals surface area contributed by atoms with Gasteiger partial charge in [-0.15, -0.1) is 0 Å². The van der Waals surface area contributed by atoms with E-state index in [1.54, 1.807) is 6.20 Å². The zero-order chi connectivity index (χ0) is 26.2. The average molecular weight is 502 g/mol. The summed E-state index contributed by atoms with van der Waals surface area (Å²) in [4.78, 5) is 22.4. The first-order chi connectivity index (χ1) is 18.7. The molecular formula is C32H31N5O. The molecule has 0 unspecified atom stereocenters. The van der Waals surface area contributed by atoms with Crippen molar-refractivity contribution in [2.24, 2.45) is 0 Å². The number of nitrogens with zero attached hydrogens (tertiary/aromatic N) is 4. The largest absolute Gasteiger partial charge is 0.322 e. The highest BCUT2D eigenvalue weighted by atomic mass is 16.2. The molecule has 1 N–H and O–H groups in total. The number of carbonyl (C=O) groups excluding carboxylic acids is 1. The van der Waals surface area contributed by atoms with E-state index >= 15 is 0 Å². The molecule has 0 atom stereocenters. The molecule has 1 aromatic heterocycles. The van der Waals surface area contributed by atoms with E-state index in [0.717, 1.165) is 60.4 Å². The maximum absolute atomic E-state index is 13.8. The molecule has 5 rings (SSSR count). The summed E-state index contributed by atoms with van der Waals surface area (Å²) in [6.07, 6.45) is 5.34. The zero-order valence-corrected chi connectivity index (χ0v) is 21.3. The highest BCUT2D eigenvalue weighted by molar-refractivity contribution is 5.94. The molecular weight excluding hydrogens is 470 g/mol. The molecule has 6 heteroatoms. The summed E-state index contributed by atoms with van der Waals surface area (Å²) in [6, 6.07) is 32.0. The minimum absolute atomic E-state index is 0.0996. The topological polar surface area (TPSA) is 72.3 Å². The van der Waals surface area contributed by atoms with Crippen molar-refractivity contribution in [3.05, 3.63) is 120 Å². The van der Waals surface area contributed by atoms with Crippen molar-refractivity contribution in [1.82, 2.24) is 14.8 Å². The van der Waals surface area contributed by atoms with Crippen LogP contribution >= 0.6 is 0 Å². The third kappa shape index (κ3) is 6.26. The summed E-state index contributed by atoms with van der Waals surface area (Å²) < 4.78 is 0. The van der Waals surface area contributed by atoms with Gasteiger partial charge in [-0.1, -0.05) is 66.7 Å². The second kappa shape index (κ2) is 12.2. The second-order valence-electron chi connectivity index (χ2n) is 9.65. The Kier molecular flexibility index (Phi) is 8.07. The van der Waals surface area contributed by atoms with Gasteiger partial charge in [0.05, 0.1) is 17.3 Å². The summed E-state index contributed by atoms with van der Waals surface area (Å²) in [6.45, 7) is 3.08. The van der Waals surface area contributed by atoms with E-state index in [4.69, 9.17) is 0 Å². The molecule has 4 aromatic rings. The molecule has 1 saturated heterocycles. The Morgan fingerprint density at radius 2 is 1.71 bits per heavy atom. The normalized spacial score (nSPS) is 14.0. The molecule has 2 amide bonds. The number of pyridine rings is 1. The minimum atomic E-state index is -0.0996. The van der Waals surface area contributed by atoms with E-state index < -0.39 is 0 Å². The number of hydrogen-bond acceptors (Lipinski definition) is 4. The quantitative estimate of drug-likeness (QED) is 0.322. The van der Waals surface area contributed by atoms with Crippen molar-refractivity contribution in [3.63, 3.8) is 0 Å². The number of carbonyl (C=O) groups is 1. The SMILES string of the molecule is N#Cc1cccc(CN2CCC(N(Cc3cccnc3)C(=O)Nc3ccccc3-c3ccccc3)CC2)c1. The van der Waals surface area contributed by atoms with Gasteiger partial charge in [0.2, 0.25) is 0 Å². The first kappa shape index (κ1) is 25.2. The van der Waals surface area contributed by atoms with Gasteiger partial charge in [0.15, 0.2) is 0 Å². The van der Waals surface area contributed by atoms with E-state index in [-0.39, 0.29) is 12.1 Å². The summed E-state index contributed by atoms with van der Waals surface area (Å²) in [5.41, 5.74) is 5.70. The first-order valence-electron chi connectivity index (χ1n) is 13.0. The first-order valence-corrected chi connectivity index (χ1v) is 13.0. The molecule has 1 fully saturated rings. The Bertz CT molecular complexity index is 1390. The maximum Gasteiger partial charge on any atom is 0.322 e. The lowest BCUT2D eigenvalue weighted by molar-refractivity contribution is 0.120. The van der Waals surface area contributed by atoms with Gasteiger partial charge in [0.25, 0.3) is 0 Å². The fraction of sp³-hybridized carbons (Fsp3) is 0.219. The van der Waals surface area contributed by atoms with Gasteiger partial charge >= 0.3 is 6.03 Å². The van der Waals surface area contributed by atoms with Crippen LogP contribution in [0.15, 0.2) is 103 Å². The number of nitrogens with one attached hydrogen (secondary N) is 1. The van der Waals surface area contributed by atoms with Gasteiger partial charge in [-0.25, -0.2) is 4.79 Å².